The standard InChI is InChI=1S/C15H22N2O/c1-6-16-12-9-7-8-10-13(12)17(14(16)18)11(2)15(3,4)5/h7-11H,6H2,1-5H3. The van der Waals surface area contributed by atoms with Crippen LogP contribution in [0.5, 0.6) is 0 Å². The molecule has 0 spiro atoms. The molecule has 1 heterocycles. The maximum absolute atomic E-state index is 12.5. The monoisotopic (exact) mass is 246 g/mol. The predicted molar refractivity (Wildman–Crippen MR) is 76.0 cm³/mol. The topological polar surface area (TPSA) is 26.9 Å². The molecule has 98 valence electrons. The fraction of sp³-hybridized carbons (Fsp3) is 0.533. The smallest absolute Gasteiger partial charge is 0.292 e. The number of aryl methyl sites for hydroxylation is 1. The van der Waals surface area contributed by atoms with Gasteiger partial charge in [0.2, 0.25) is 0 Å². The summed E-state index contributed by atoms with van der Waals surface area (Å²) in [6.07, 6.45) is 0. The van der Waals surface area contributed by atoms with Crippen molar-refractivity contribution in [2.45, 2.75) is 47.2 Å². The molecule has 1 unspecified atom stereocenters. The summed E-state index contributed by atoms with van der Waals surface area (Å²) < 4.78 is 3.77. The molecule has 3 heteroatoms. The first-order valence-electron chi connectivity index (χ1n) is 6.57. The summed E-state index contributed by atoms with van der Waals surface area (Å²) in [6.45, 7) is 11.4. The molecule has 3 nitrogen and oxygen atoms in total. The van der Waals surface area contributed by atoms with Crippen molar-refractivity contribution in [3.8, 4) is 0 Å². The van der Waals surface area contributed by atoms with Crippen LogP contribution in [0.1, 0.15) is 40.7 Å². The number of fused-ring (bicyclic) bond motifs is 1. The fourth-order valence-electron chi connectivity index (χ4n) is 2.30. The van der Waals surface area contributed by atoms with Gasteiger partial charge >= 0.3 is 5.69 Å². The van der Waals surface area contributed by atoms with Gasteiger partial charge in [-0.2, -0.15) is 0 Å². The number of hydrogen-bond acceptors (Lipinski definition) is 1. The molecule has 0 bridgehead atoms. The molecular formula is C15H22N2O. The van der Waals surface area contributed by atoms with Crippen molar-refractivity contribution in [1.29, 1.82) is 0 Å². The van der Waals surface area contributed by atoms with E-state index in [0.717, 1.165) is 11.0 Å². The molecule has 0 N–H and O–H groups in total. The largest absolute Gasteiger partial charge is 0.329 e. The van der Waals surface area contributed by atoms with Gasteiger partial charge in [-0.15, -0.1) is 0 Å². The Kier molecular flexibility index (Phi) is 3.09. The summed E-state index contributed by atoms with van der Waals surface area (Å²) in [4.78, 5) is 12.5. The minimum Gasteiger partial charge on any atom is -0.292 e. The predicted octanol–water partition coefficient (Wildman–Crippen LogP) is 3.43. The van der Waals surface area contributed by atoms with Crippen LogP contribution in [-0.2, 0) is 6.54 Å². The van der Waals surface area contributed by atoms with Gasteiger partial charge in [-0.05, 0) is 31.4 Å². The van der Waals surface area contributed by atoms with Crippen molar-refractivity contribution in [2.75, 3.05) is 0 Å². The molecular weight excluding hydrogens is 224 g/mol. The van der Waals surface area contributed by atoms with Gasteiger partial charge in [0, 0.05) is 12.6 Å². The number of hydrogen-bond donors (Lipinski definition) is 0. The van der Waals surface area contributed by atoms with Crippen LogP contribution in [0.2, 0.25) is 0 Å². The summed E-state index contributed by atoms with van der Waals surface area (Å²) in [6, 6.07) is 8.20. The third-order valence-electron chi connectivity index (χ3n) is 3.83. The van der Waals surface area contributed by atoms with Crippen LogP contribution >= 0.6 is 0 Å². The molecule has 0 saturated carbocycles. The molecule has 2 aromatic rings. The first-order valence-corrected chi connectivity index (χ1v) is 6.57. The van der Waals surface area contributed by atoms with Crippen LogP contribution in [0, 0.1) is 5.41 Å². The molecule has 0 aliphatic rings. The van der Waals surface area contributed by atoms with Gasteiger partial charge in [-0.25, -0.2) is 4.79 Å². The van der Waals surface area contributed by atoms with Gasteiger partial charge in [0.15, 0.2) is 0 Å². The van der Waals surface area contributed by atoms with E-state index in [-0.39, 0.29) is 17.1 Å². The van der Waals surface area contributed by atoms with E-state index in [4.69, 9.17) is 0 Å². The maximum atomic E-state index is 12.5. The van der Waals surface area contributed by atoms with Gasteiger partial charge in [0.1, 0.15) is 0 Å². The highest BCUT2D eigenvalue weighted by atomic mass is 16.1. The highest BCUT2D eigenvalue weighted by molar-refractivity contribution is 5.76. The lowest BCUT2D eigenvalue weighted by Gasteiger charge is -2.28. The molecule has 1 atom stereocenters. The first-order chi connectivity index (χ1) is 8.38. The molecule has 0 fully saturated rings. The first kappa shape index (κ1) is 12.9. The van der Waals surface area contributed by atoms with E-state index in [1.165, 1.54) is 0 Å². The minimum absolute atomic E-state index is 0.0620. The Bertz CT molecular complexity index is 613. The summed E-state index contributed by atoms with van der Waals surface area (Å²) in [5, 5.41) is 0. The van der Waals surface area contributed by atoms with Crippen molar-refractivity contribution in [3.63, 3.8) is 0 Å². The highest BCUT2D eigenvalue weighted by Gasteiger charge is 2.26. The van der Waals surface area contributed by atoms with Gasteiger partial charge in [-0.3, -0.25) is 9.13 Å². The average molecular weight is 246 g/mol. The summed E-state index contributed by atoms with van der Waals surface area (Å²) in [5.41, 5.74) is 2.22. The molecule has 0 amide bonds. The Labute approximate surface area is 108 Å². The lowest BCUT2D eigenvalue weighted by Crippen LogP contribution is -2.32. The van der Waals surface area contributed by atoms with Gasteiger partial charge in [0.05, 0.1) is 11.0 Å². The average Bonchev–Trinajstić information content (AvgIpc) is 2.58. The van der Waals surface area contributed by atoms with Crippen LogP contribution in [0.25, 0.3) is 11.0 Å². The summed E-state index contributed by atoms with van der Waals surface area (Å²) in [5.74, 6) is 0. The minimum atomic E-state index is 0.0620. The van der Waals surface area contributed by atoms with Crippen LogP contribution in [0.15, 0.2) is 29.1 Å². The SMILES string of the molecule is CCn1c(=O)n(C(C)C(C)(C)C)c2ccccc21. The number of imidazole rings is 1. The zero-order valence-corrected chi connectivity index (χ0v) is 11.9. The number of benzene rings is 1. The van der Waals surface area contributed by atoms with E-state index in [9.17, 15) is 4.79 Å². The summed E-state index contributed by atoms with van der Waals surface area (Å²) >= 11 is 0. The van der Waals surface area contributed by atoms with Crippen LogP contribution in [-0.4, -0.2) is 9.13 Å². The molecule has 0 aliphatic heterocycles. The van der Waals surface area contributed by atoms with E-state index < -0.39 is 0 Å². The quantitative estimate of drug-likeness (QED) is 0.797. The Balaban J connectivity index is 2.79. The zero-order valence-electron chi connectivity index (χ0n) is 11.9. The van der Waals surface area contributed by atoms with Crippen LogP contribution < -0.4 is 5.69 Å². The van der Waals surface area contributed by atoms with Gasteiger partial charge < -0.3 is 0 Å². The Morgan fingerprint density at radius 2 is 1.72 bits per heavy atom. The second-order valence-electron chi connectivity index (χ2n) is 5.93. The van der Waals surface area contributed by atoms with E-state index >= 15 is 0 Å². The van der Waals surface area contributed by atoms with Crippen molar-refractivity contribution >= 4 is 11.0 Å². The van der Waals surface area contributed by atoms with Crippen LogP contribution in [0.4, 0.5) is 0 Å². The zero-order chi connectivity index (χ0) is 13.5. The molecule has 1 aromatic carbocycles. The fourth-order valence-corrected chi connectivity index (χ4v) is 2.30. The van der Waals surface area contributed by atoms with Crippen molar-refractivity contribution in [2.24, 2.45) is 5.41 Å². The number of nitrogens with zero attached hydrogens (tertiary/aromatic N) is 2. The lowest BCUT2D eigenvalue weighted by molar-refractivity contribution is 0.261. The third kappa shape index (κ3) is 1.88. The normalized spacial score (nSPS) is 14.1. The second-order valence-corrected chi connectivity index (χ2v) is 5.93. The van der Waals surface area contributed by atoms with E-state index in [0.29, 0.717) is 6.54 Å². The molecule has 0 saturated heterocycles. The van der Waals surface area contributed by atoms with Crippen LogP contribution in [0.3, 0.4) is 0 Å². The van der Waals surface area contributed by atoms with Gasteiger partial charge in [-0.1, -0.05) is 32.9 Å². The van der Waals surface area contributed by atoms with Crippen molar-refractivity contribution < 1.29 is 0 Å². The Morgan fingerprint density at radius 3 is 2.22 bits per heavy atom. The molecule has 2 rings (SSSR count). The van der Waals surface area contributed by atoms with E-state index in [2.05, 4.69) is 27.7 Å². The molecule has 0 radical (unpaired) electrons. The second kappa shape index (κ2) is 4.30. The highest BCUT2D eigenvalue weighted by Crippen LogP contribution is 2.31. The lowest BCUT2D eigenvalue weighted by atomic mass is 9.88. The number of para-hydroxylation sites is 2. The maximum Gasteiger partial charge on any atom is 0.329 e. The molecule has 18 heavy (non-hydrogen) atoms. The van der Waals surface area contributed by atoms with Crippen molar-refractivity contribution in [1.82, 2.24) is 9.13 Å². The van der Waals surface area contributed by atoms with E-state index in [1.807, 2.05) is 40.3 Å². The number of aromatic nitrogens is 2. The Hall–Kier alpha value is -1.51. The van der Waals surface area contributed by atoms with E-state index in [1.54, 1.807) is 0 Å². The summed E-state index contributed by atoms with van der Waals surface area (Å²) in [7, 11) is 0. The Morgan fingerprint density at radius 1 is 1.17 bits per heavy atom. The van der Waals surface area contributed by atoms with Crippen molar-refractivity contribution in [3.05, 3.63) is 34.7 Å². The number of rotatable bonds is 2. The molecule has 0 aliphatic carbocycles. The molecule has 1 aromatic heterocycles. The van der Waals surface area contributed by atoms with Gasteiger partial charge in [0.25, 0.3) is 0 Å². The third-order valence-corrected chi connectivity index (χ3v) is 3.83.